The van der Waals surface area contributed by atoms with Crippen molar-refractivity contribution in [3.05, 3.63) is 106 Å². The molecule has 1 saturated heterocycles. The standard InChI is InChI=1S/C31H32N2O3S/c1-5-8-25-17-24(18-27(35-7-3)29(25)36-20-23-11-9-21(4)10-12-23)19-28-30(34)33-31(37-28)32-26-15-13-22(6-2)14-16-26/h5,9-19H,1,6-8,20H2,2-4H3,(H,32,33,34)/b28-19-. The van der Waals surface area contributed by atoms with E-state index in [9.17, 15) is 4.79 Å². The smallest absolute Gasteiger partial charge is 0.264 e. The minimum Gasteiger partial charge on any atom is -0.490 e. The molecule has 6 heteroatoms. The Morgan fingerprint density at radius 3 is 2.41 bits per heavy atom. The van der Waals surface area contributed by atoms with E-state index in [1.165, 1.54) is 22.9 Å². The van der Waals surface area contributed by atoms with Gasteiger partial charge in [-0.05, 0) is 85.5 Å². The molecule has 1 aliphatic rings. The maximum Gasteiger partial charge on any atom is 0.264 e. The second-order valence-electron chi connectivity index (χ2n) is 8.71. The summed E-state index contributed by atoms with van der Waals surface area (Å²) in [5.41, 5.74) is 6.16. The summed E-state index contributed by atoms with van der Waals surface area (Å²) >= 11 is 1.33. The number of hydrogen-bond donors (Lipinski definition) is 1. The quantitative estimate of drug-likeness (QED) is 0.231. The van der Waals surface area contributed by atoms with Crippen LogP contribution in [-0.4, -0.2) is 17.7 Å². The fourth-order valence-corrected chi connectivity index (χ4v) is 4.74. The molecule has 1 amide bonds. The van der Waals surface area contributed by atoms with Gasteiger partial charge in [0.15, 0.2) is 16.7 Å². The van der Waals surface area contributed by atoms with Crippen molar-refractivity contribution in [3.63, 3.8) is 0 Å². The van der Waals surface area contributed by atoms with Gasteiger partial charge in [0.05, 0.1) is 17.2 Å². The van der Waals surface area contributed by atoms with Gasteiger partial charge in [0.1, 0.15) is 6.61 Å². The van der Waals surface area contributed by atoms with Crippen LogP contribution in [0.5, 0.6) is 11.5 Å². The van der Waals surface area contributed by atoms with Gasteiger partial charge in [-0.1, -0.05) is 55.0 Å². The molecule has 1 aliphatic heterocycles. The van der Waals surface area contributed by atoms with Gasteiger partial charge in [-0.2, -0.15) is 0 Å². The van der Waals surface area contributed by atoms with E-state index >= 15 is 0 Å². The third-order valence-corrected chi connectivity index (χ3v) is 6.76. The predicted molar refractivity (Wildman–Crippen MR) is 154 cm³/mol. The first kappa shape index (κ1) is 26.3. The molecule has 0 aromatic heterocycles. The Labute approximate surface area is 223 Å². The fraction of sp³-hybridized carbons (Fsp3) is 0.226. The highest BCUT2D eigenvalue weighted by Crippen LogP contribution is 2.37. The summed E-state index contributed by atoms with van der Waals surface area (Å²) in [7, 11) is 0. The third-order valence-electron chi connectivity index (χ3n) is 5.85. The van der Waals surface area contributed by atoms with Gasteiger partial charge in [0.2, 0.25) is 0 Å². The number of nitrogens with one attached hydrogen (secondary N) is 1. The average Bonchev–Trinajstić information content (AvgIpc) is 3.23. The Hall–Kier alpha value is -3.77. The zero-order valence-corrected chi connectivity index (χ0v) is 22.4. The van der Waals surface area contributed by atoms with Crippen LogP contribution >= 0.6 is 11.8 Å². The van der Waals surface area contributed by atoms with Crippen LogP contribution in [0.15, 0.2) is 83.2 Å². The summed E-state index contributed by atoms with van der Waals surface area (Å²) in [5.74, 6) is 1.18. The highest BCUT2D eigenvalue weighted by Gasteiger charge is 2.24. The van der Waals surface area contributed by atoms with Crippen molar-refractivity contribution in [2.24, 2.45) is 4.99 Å². The van der Waals surface area contributed by atoms with Crippen molar-refractivity contribution >= 4 is 34.6 Å². The maximum atomic E-state index is 12.7. The van der Waals surface area contributed by atoms with Crippen molar-refractivity contribution in [1.82, 2.24) is 5.32 Å². The number of carbonyl (C=O) groups excluding carboxylic acids is 1. The highest BCUT2D eigenvalue weighted by atomic mass is 32.2. The molecule has 3 aromatic carbocycles. The summed E-state index contributed by atoms with van der Waals surface area (Å²) in [6.07, 6.45) is 5.29. The molecular formula is C31H32N2O3S. The lowest BCUT2D eigenvalue weighted by Gasteiger charge is -2.17. The first-order valence-electron chi connectivity index (χ1n) is 12.5. The summed E-state index contributed by atoms with van der Waals surface area (Å²) in [4.78, 5) is 17.9. The van der Waals surface area contributed by atoms with Crippen molar-refractivity contribution < 1.29 is 14.3 Å². The monoisotopic (exact) mass is 512 g/mol. The minimum atomic E-state index is -0.170. The molecule has 1 N–H and O–H groups in total. The number of aliphatic imine (C=N–C) groups is 1. The molecule has 1 heterocycles. The molecule has 1 fully saturated rings. The Morgan fingerprint density at radius 2 is 1.73 bits per heavy atom. The topological polar surface area (TPSA) is 59.9 Å². The number of rotatable bonds is 10. The number of thioether (sulfide) groups is 1. The van der Waals surface area contributed by atoms with Gasteiger partial charge in [-0.25, -0.2) is 4.99 Å². The molecule has 0 saturated carbocycles. The molecule has 0 aliphatic carbocycles. The number of aryl methyl sites for hydroxylation is 2. The van der Waals surface area contributed by atoms with Crippen LogP contribution in [0, 0.1) is 6.92 Å². The molecular weight excluding hydrogens is 480 g/mol. The number of hydrogen-bond acceptors (Lipinski definition) is 5. The molecule has 0 radical (unpaired) electrons. The molecule has 190 valence electrons. The predicted octanol–water partition coefficient (Wildman–Crippen LogP) is 7.16. The molecule has 0 spiro atoms. The number of ether oxygens (including phenoxy) is 2. The Kier molecular flexibility index (Phi) is 8.86. The van der Waals surface area contributed by atoms with E-state index in [4.69, 9.17) is 9.47 Å². The van der Waals surface area contributed by atoms with Gasteiger partial charge in [-0.3, -0.25) is 4.79 Å². The Balaban J connectivity index is 1.59. The van der Waals surface area contributed by atoms with Crippen LogP contribution in [0.2, 0.25) is 0 Å². The fourth-order valence-electron chi connectivity index (χ4n) is 3.90. The van der Waals surface area contributed by atoms with Gasteiger partial charge >= 0.3 is 0 Å². The van der Waals surface area contributed by atoms with Crippen LogP contribution in [0.4, 0.5) is 5.69 Å². The molecule has 3 aromatic rings. The van der Waals surface area contributed by atoms with Gasteiger partial charge in [-0.15, -0.1) is 6.58 Å². The number of amidine groups is 1. The highest BCUT2D eigenvalue weighted by molar-refractivity contribution is 8.18. The molecule has 5 nitrogen and oxygen atoms in total. The van der Waals surface area contributed by atoms with Crippen LogP contribution < -0.4 is 14.8 Å². The van der Waals surface area contributed by atoms with E-state index in [1.54, 1.807) is 0 Å². The van der Waals surface area contributed by atoms with Crippen molar-refractivity contribution in [2.45, 2.75) is 40.2 Å². The Bertz CT molecular complexity index is 1330. The number of nitrogens with zero attached hydrogens (tertiary/aromatic N) is 1. The average molecular weight is 513 g/mol. The van der Waals surface area contributed by atoms with E-state index in [0.717, 1.165) is 28.8 Å². The first-order valence-corrected chi connectivity index (χ1v) is 13.3. The summed E-state index contributed by atoms with van der Waals surface area (Å²) in [6, 6.07) is 20.2. The summed E-state index contributed by atoms with van der Waals surface area (Å²) in [5, 5.41) is 3.43. The second kappa shape index (κ2) is 12.5. The second-order valence-corrected chi connectivity index (χ2v) is 9.74. The lowest BCUT2D eigenvalue weighted by molar-refractivity contribution is -0.115. The van der Waals surface area contributed by atoms with E-state index in [2.05, 4.69) is 67.1 Å². The number of amides is 1. The zero-order chi connectivity index (χ0) is 26.2. The number of carbonyl (C=O) groups is 1. The SMILES string of the molecule is C=CCc1cc(/C=C2\SC(=Nc3ccc(CC)cc3)NC2=O)cc(OCC)c1OCc1ccc(C)cc1. The number of allylic oxidation sites excluding steroid dienone is 1. The van der Waals surface area contributed by atoms with E-state index in [0.29, 0.717) is 41.2 Å². The largest absolute Gasteiger partial charge is 0.490 e. The molecule has 0 atom stereocenters. The lowest BCUT2D eigenvalue weighted by atomic mass is 10.0. The zero-order valence-electron chi connectivity index (χ0n) is 21.5. The van der Waals surface area contributed by atoms with Crippen LogP contribution in [0.3, 0.4) is 0 Å². The molecule has 37 heavy (non-hydrogen) atoms. The lowest BCUT2D eigenvalue weighted by Crippen LogP contribution is -2.19. The normalized spacial score (nSPS) is 15.2. The van der Waals surface area contributed by atoms with E-state index in [-0.39, 0.29) is 5.91 Å². The van der Waals surface area contributed by atoms with Crippen molar-refractivity contribution in [2.75, 3.05) is 6.61 Å². The maximum absolute atomic E-state index is 12.7. The Morgan fingerprint density at radius 1 is 1.00 bits per heavy atom. The molecule has 0 bridgehead atoms. The van der Waals surface area contributed by atoms with Crippen LogP contribution in [-0.2, 0) is 24.2 Å². The number of benzene rings is 3. The van der Waals surface area contributed by atoms with Crippen molar-refractivity contribution in [3.8, 4) is 11.5 Å². The molecule has 0 unspecified atom stereocenters. The van der Waals surface area contributed by atoms with Gasteiger partial charge in [0, 0.05) is 5.56 Å². The van der Waals surface area contributed by atoms with Crippen LogP contribution in [0.1, 0.15) is 41.7 Å². The third kappa shape index (κ3) is 6.92. The summed E-state index contributed by atoms with van der Waals surface area (Å²) < 4.78 is 12.2. The van der Waals surface area contributed by atoms with Gasteiger partial charge in [0.25, 0.3) is 5.91 Å². The minimum absolute atomic E-state index is 0.170. The molecule has 4 rings (SSSR count). The van der Waals surface area contributed by atoms with Crippen LogP contribution in [0.25, 0.3) is 6.08 Å². The summed E-state index contributed by atoms with van der Waals surface area (Å²) in [6.45, 7) is 11.0. The van der Waals surface area contributed by atoms with Gasteiger partial charge < -0.3 is 14.8 Å². The first-order chi connectivity index (χ1) is 18.0. The van der Waals surface area contributed by atoms with E-state index in [1.807, 2.05) is 43.3 Å². The van der Waals surface area contributed by atoms with Crippen molar-refractivity contribution in [1.29, 1.82) is 0 Å². The van der Waals surface area contributed by atoms with E-state index < -0.39 is 0 Å².